The highest BCUT2D eigenvalue weighted by atomic mass is 16.7. The first-order valence-corrected chi connectivity index (χ1v) is 7.62. The Morgan fingerprint density at radius 3 is 2.81 bits per heavy atom. The number of carbonyl (C=O) groups excluding carboxylic acids is 1. The predicted molar refractivity (Wildman–Crippen MR) is 84.9 cm³/mol. The predicted octanol–water partition coefficient (Wildman–Crippen LogP) is -2.62. The van der Waals surface area contributed by atoms with Gasteiger partial charge >= 0.3 is 11.7 Å². The molecule has 6 N–H and O–H groups in total. The van der Waals surface area contributed by atoms with E-state index < -0.39 is 54.8 Å². The molecule has 2 unspecified atom stereocenters. The number of nitrogens with two attached hydrogens (primary N) is 1. The average Bonchev–Trinajstić information content (AvgIpc) is 2.91. The van der Waals surface area contributed by atoms with Gasteiger partial charge in [0.2, 0.25) is 5.91 Å². The Kier molecular flexibility index (Phi) is 6.05. The first kappa shape index (κ1) is 19.9. The third kappa shape index (κ3) is 4.05. The highest BCUT2D eigenvalue weighted by molar-refractivity contribution is 5.93. The molecule has 26 heavy (non-hydrogen) atoms. The largest absolute Gasteiger partial charge is 0.480 e. The zero-order valence-electron chi connectivity index (χ0n) is 13.9. The lowest BCUT2D eigenvalue weighted by atomic mass is 10.1. The van der Waals surface area contributed by atoms with Crippen LogP contribution >= 0.6 is 0 Å². The van der Waals surface area contributed by atoms with Gasteiger partial charge in [-0.1, -0.05) is 0 Å². The molecule has 1 amide bonds. The molecule has 0 aliphatic carbocycles. The molecule has 2 heterocycles. The quantitative estimate of drug-likeness (QED) is 0.339. The Hall–Kier alpha value is -2.38. The van der Waals surface area contributed by atoms with Crippen LogP contribution in [0.4, 0.5) is 5.82 Å². The SMILES string of the molecule is COC1(n2ccc(NC(=O)CC(N)C(=O)O)nc2=O)C[C@@H](O)[C@@H](CO)O1. The van der Waals surface area contributed by atoms with Crippen molar-refractivity contribution in [3.8, 4) is 0 Å². The number of aromatic nitrogens is 2. The van der Waals surface area contributed by atoms with Gasteiger partial charge in [0.15, 0.2) is 0 Å². The van der Waals surface area contributed by atoms with Crippen LogP contribution in [0, 0.1) is 0 Å². The number of carboxylic acids is 1. The van der Waals surface area contributed by atoms with E-state index in [1.165, 1.54) is 19.4 Å². The number of rotatable bonds is 7. The fourth-order valence-corrected chi connectivity index (χ4v) is 2.52. The van der Waals surface area contributed by atoms with E-state index in [-0.39, 0.29) is 12.2 Å². The second kappa shape index (κ2) is 7.88. The summed E-state index contributed by atoms with van der Waals surface area (Å²) in [6, 6.07) is -0.107. The summed E-state index contributed by atoms with van der Waals surface area (Å²) < 4.78 is 11.7. The Bertz CT molecular complexity index is 738. The van der Waals surface area contributed by atoms with E-state index in [9.17, 15) is 24.6 Å². The normalized spacial score (nSPS) is 26.5. The van der Waals surface area contributed by atoms with Crippen LogP contribution in [-0.4, -0.2) is 68.7 Å². The molecular formula is C14H20N4O8. The zero-order valence-corrected chi connectivity index (χ0v) is 13.9. The fourth-order valence-electron chi connectivity index (χ4n) is 2.52. The van der Waals surface area contributed by atoms with E-state index in [0.717, 1.165) is 4.57 Å². The van der Waals surface area contributed by atoms with Gasteiger partial charge in [-0.05, 0) is 6.07 Å². The minimum Gasteiger partial charge on any atom is -0.480 e. The second-order valence-corrected chi connectivity index (χ2v) is 5.69. The number of aliphatic hydroxyl groups excluding tert-OH is 2. The number of aliphatic hydroxyl groups is 2. The summed E-state index contributed by atoms with van der Waals surface area (Å²) >= 11 is 0. The summed E-state index contributed by atoms with van der Waals surface area (Å²) in [6.45, 7) is -0.466. The summed E-state index contributed by atoms with van der Waals surface area (Å²) in [4.78, 5) is 38.3. The van der Waals surface area contributed by atoms with E-state index in [0.29, 0.717) is 0 Å². The molecule has 0 bridgehead atoms. The minimum atomic E-state index is -1.65. The number of nitrogens with zero attached hydrogens (tertiary/aromatic N) is 2. The van der Waals surface area contributed by atoms with Crippen molar-refractivity contribution in [2.24, 2.45) is 5.73 Å². The molecule has 0 radical (unpaired) electrons. The number of aliphatic carboxylic acids is 1. The van der Waals surface area contributed by atoms with Gasteiger partial charge < -0.3 is 35.8 Å². The number of hydrogen-bond donors (Lipinski definition) is 5. The van der Waals surface area contributed by atoms with Gasteiger partial charge in [0.25, 0.3) is 5.91 Å². The average molecular weight is 372 g/mol. The van der Waals surface area contributed by atoms with E-state index in [1.807, 2.05) is 0 Å². The smallest absolute Gasteiger partial charge is 0.353 e. The lowest BCUT2D eigenvalue weighted by Gasteiger charge is -2.28. The Labute approximate surface area is 147 Å². The number of anilines is 1. The van der Waals surface area contributed by atoms with Crippen molar-refractivity contribution in [2.75, 3.05) is 19.0 Å². The van der Waals surface area contributed by atoms with Crippen molar-refractivity contribution >= 4 is 17.7 Å². The highest BCUT2D eigenvalue weighted by Crippen LogP contribution is 2.34. The first-order chi connectivity index (χ1) is 12.2. The van der Waals surface area contributed by atoms with Gasteiger partial charge in [-0.25, -0.2) is 9.36 Å². The Morgan fingerprint density at radius 2 is 2.31 bits per heavy atom. The maximum absolute atomic E-state index is 12.3. The van der Waals surface area contributed by atoms with Crippen molar-refractivity contribution < 1.29 is 34.4 Å². The molecule has 12 heteroatoms. The number of amides is 1. The molecule has 144 valence electrons. The number of ether oxygens (including phenoxy) is 2. The van der Waals surface area contributed by atoms with Gasteiger partial charge in [-0.2, -0.15) is 4.98 Å². The van der Waals surface area contributed by atoms with Crippen molar-refractivity contribution in [1.29, 1.82) is 0 Å². The van der Waals surface area contributed by atoms with Crippen molar-refractivity contribution in [2.45, 2.75) is 37.0 Å². The number of methoxy groups -OCH3 is 1. The molecule has 12 nitrogen and oxygen atoms in total. The second-order valence-electron chi connectivity index (χ2n) is 5.69. The van der Waals surface area contributed by atoms with Crippen LogP contribution in [0.15, 0.2) is 17.1 Å². The number of hydrogen-bond acceptors (Lipinski definition) is 9. The molecular weight excluding hydrogens is 352 g/mol. The van der Waals surface area contributed by atoms with E-state index >= 15 is 0 Å². The molecule has 0 aromatic carbocycles. The first-order valence-electron chi connectivity index (χ1n) is 7.62. The van der Waals surface area contributed by atoms with Crippen LogP contribution < -0.4 is 16.7 Å². The molecule has 1 fully saturated rings. The Balaban J connectivity index is 2.18. The Morgan fingerprint density at radius 1 is 1.62 bits per heavy atom. The molecule has 1 aliphatic heterocycles. The lowest BCUT2D eigenvalue weighted by molar-refractivity contribution is -0.275. The third-order valence-corrected chi connectivity index (χ3v) is 3.89. The number of carboxylic acid groups (broad SMARTS) is 1. The monoisotopic (exact) mass is 372 g/mol. The van der Waals surface area contributed by atoms with Crippen LogP contribution in [0.3, 0.4) is 0 Å². The topological polar surface area (TPSA) is 186 Å². The van der Waals surface area contributed by atoms with Gasteiger partial charge in [0.1, 0.15) is 18.0 Å². The molecule has 2 rings (SSSR count). The van der Waals surface area contributed by atoms with E-state index in [2.05, 4.69) is 10.3 Å². The summed E-state index contributed by atoms with van der Waals surface area (Å²) in [5, 5.41) is 30.0. The van der Waals surface area contributed by atoms with Gasteiger partial charge in [-0.3, -0.25) is 9.59 Å². The van der Waals surface area contributed by atoms with Crippen LogP contribution in [0.25, 0.3) is 0 Å². The molecule has 1 aromatic heterocycles. The molecule has 1 saturated heterocycles. The molecule has 1 aromatic rings. The maximum atomic E-state index is 12.3. The highest BCUT2D eigenvalue weighted by Gasteiger charge is 2.48. The van der Waals surface area contributed by atoms with Crippen LogP contribution in [-0.2, 0) is 25.0 Å². The fraction of sp³-hybridized carbons (Fsp3) is 0.571. The van der Waals surface area contributed by atoms with E-state index in [4.69, 9.17) is 20.3 Å². The number of nitrogens with one attached hydrogen (secondary N) is 1. The third-order valence-electron chi connectivity index (χ3n) is 3.89. The summed E-state index contributed by atoms with van der Waals surface area (Å²) in [5.74, 6) is -3.82. The zero-order chi connectivity index (χ0) is 19.5. The maximum Gasteiger partial charge on any atom is 0.353 e. The number of carbonyl (C=O) groups is 2. The van der Waals surface area contributed by atoms with Crippen LogP contribution in [0.2, 0.25) is 0 Å². The molecule has 0 saturated carbocycles. The van der Waals surface area contributed by atoms with Crippen molar-refractivity contribution in [3.05, 3.63) is 22.7 Å². The molecule has 1 aliphatic rings. The minimum absolute atomic E-state index is 0.114. The van der Waals surface area contributed by atoms with E-state index in [1.54, 1.807) is 0 Å². The molecule has 0 spiro atoms. The standard InChI is InChI=1S/C14H20N4O8/c1-25-14(5-8(20)9(6-19)26-14)18-3-2-10(17-13(18)24)16-11(21)4-7(15)12(22)23/h2-3,7-9,19-20H,4-6,15H2,1H3,(H,22,23)(H,16,17,21,24)/t7?,8-,9-,14?/m1/s1. The lowest BCUT2D eigenvalue weighted by Crippen LogP contribution is -2.44. The van der Waals surface area contributed by atoms with Crippen molar-refractivity contribution in [3.63, 3.8) is 0 Å². The van der Waals surface area contributed by atoms with Gasteiger partial charge in [0, 0.05) is 13.3 Å². The summed E-state index contributed by atoms with van der Waals surface area (Å²) in [7, 11) is 1.27. The van der Waals surface area contributed by atoms with Crippen molar-refractivity contribution in [1.82, 2.24) is 9.55 Å². The summed E-state index contributed by atoms with van der Waals surface area (Å²) in [6.07, 6.45) is -1.36. The van der Waals surface area contributed by atoms with Crippen LogP contribution in [0.5, 0.6) is 0 Å². The van der Waals surface area contributed by atoms with Gasteiger partial charge in [0.05, 0.1) is 25.6 Å². The van der Waals surface area contributed by atoms with Crippen LogP contribution in [0.1, 0.15) is 12.8 Å². The summed E-state index contributed by atoms with van der Waals surface area (Å²) in [5.41, 5.74) is 4.41. The molecule has 4 atom stereocenters. The van der Waals surface area contributed by atoms with Gasteiger partial charge in [-0.15, -0.1) is 0 Å².